The largest absolute Gasteiger partial charge is 0.335 e. The maximum absolute atomic E-state index is 13.4. The highest BCUT2D eigenvalue weighted by Gasteiger charge is 2.34. The van der Waals surface area contributed by atoms with E-state index in [0.717, 1.165) is 14.6 Å². The van der Waals surface area contributed by atoms with Crippen molar-refractivity contribution < 1.29 is 18.1 Å². The zero-order chi connectivity index (χ0) is 23.9. The number of hydrogen-bond donors (Lipinski definition) is 2. The zero-order valence-corrected chi connectivity index (χ0v) is 21.7. The van der Waals surface area contributed by atoms with E-state index in [4.69, 9.17) is 0 Å². The first-order chi connectivity index (χ1) is 15.6. The molecule has 0 unspecified atom stereocenters. The van der Waals surface area contributed by atoms with Gasteiger partial charge in [-0.2, -0.15) is 4.31 Å². The number of aryl methyl sites for hydroxylation is 2. The topological polar surface area (TPSA) is 106 Å². The predicted octanol–water partition coefficient (Wildman–Crippen LogP) is 0.995. The van der Waals surface area contributed by atoms with E-state index in [1.54, 1.807) is 13.0 Å². The van der Waals surface area contributed by atoms with Crippen LogP contribution >= 0.6 is 27.3 Å². The summed E-state index contributed by atoms with van der Waals surface area (Å²) in [4.78, 5) is 32.4. The van der Waals surface area contributed by atoms with Crippen molar-refractivity contribution in [2.75, 3.05) is 38.5 Å². The lowest BCUT2D eigenvalue weighted by molar-refractivity contribution is -0.883. The van der Waals surface area contributed by atoms with Gasteiger partial charge in [0, 0.05) is 9.35 Å². The average Bonchev–Trinajstić information content (AvgIpc) is 3.10. The molecule has 1 saturated heterocycles. The lowest BCUT2D eigenvalue weighted by Crippen LogP contribution is -3.12. The van der Waals surface area contributed by atoms with E-state index in [-0.39, 0.29) is 16.8 Å². The van der Waals surface area contributed by atoms with Crippen LogP contribution in [0.25, 0.3) is 10.2 Å². The number of anilines is 1. The Morgan fingerprint density at radius 3 is 2.64 bits per heavy atom. The van der Waals surface area contributed by atoms with E-state index in [1.807, 2.05) is 26.1 Å². The molecule has 0 bridgehead atoms. The minimum Gasteiger partial charge on any atom is -0.335 e. The number of thiophene rings is 1. The molecule has 33 heavy (non-hydrogen) atoms. The van der Waals surface area contributed by atoms with Gasteiger partial charge in [-0.3, -0.25) is 14.2 Å². The zero-order valence-electron chi connectivity index (χ0n) is 18.5. The molecule has 12 heteroatoms. The van der Waals surface area contributed by atoms with Gasteiger partial charge < -0.3 is 10.2 Å². The van der Waals surface area contributed by atoms with Crippen molar-refractivity contribution in [2.24, 2.45) is 0 Å². The number of halogens is 1. The number of nitrogens with one attached hydrogen (secondary N) is 2. The van der Waals surface area contributed by atoms with Crippen LogP contribution in [0.5, 0.6) is 0 Å². The Morgan fingerprint density at radius 2 is 1.97 bits per heavy atom. The number of rotatable bonds is 5. The number of carbonyl (C=O) groups excluding carboxylic acids is 1. The molecule has 3 aromatic rings. The van der Waals surface area contributed by atoms with Gasteiger partial charge in [-0.15, -0.1) is 11.3 Å². The number of piperazine rings is 1. The van der Waals surface area contributed by atoms with Crippen LogP contribution in [-0.2, 0) is 21.4 Å². The van der Waals surface area contributed by atoms with Gasteiger partial charge in [0.1, 0.15) is 16.3 Å². The Balaban J connectivity index is 1.67. The predicted molar refractivity (Wildman–Crippen MR) is 132 cm³/mol. The van der Waals surface area contributed by atoms with Crippen LogP contribution in [0.2, 0.25) is 0 Å². The van der Waals surface area contributed by atoms with Crippen molar-refractivity contribution in [3.05, 3.63) is 49.8 Å². The maximum Gasteiger partial charge on any atom is 0.263 e. The molecule has 1 amide bonds. The van der Waals surface area contributed by atoms with Gasteiger partial charge in [0.05, 0.1) is 50.6 Å². The number of aromatic nitrogens is 2. The minimum atomic E-state index is -3.86. The molecule has 3 heterocycles. The summed E-state index contributed by atoms with van der Waals surface area (Å²) in [6, 6.07) is 5.51. The molecular weight excluding hydrogens is 530 g/mol. The van der Waals surface area contributed by atoms with Crippen LogP contribution in [0, 0.1) is 13.8 Å². The fraction of sp³-hybridized carbons (Fsp3) is 0.381. The van der Waals surface area contributed by atoms with Crippen molar-refractivity contribution in [1.82, 2.24) is 13.9 Å². The van der Waals surface area contributed by atoms with Crippen molar-refractivity contribution in [3.63, 3.8) is 0 Å². The molecule has 4 rings (SSSR count). The molecule has 9 nitrogen and oxygen atoms in total. The number of quaternary nitrogens is 1. The summed E-state index contributed by atoms with van der Waals surface area (Å²) in [5.74, 6) is -0.416. The Bertz CT molecular complexity index is 1390. The Morgan fingerprint density at radius 1 is 1.27 bits per heavy atom. The van der Waals surface area contributed by atoms with Crippen molar-refractivity contribution in [3.8, 4) is 0 Å². The summed E-state index contributed by atoms with van der Waals surface area (Å²) < 4.78 is 30.2. The molecule has 0 spiro atoms. The smallest absolute Gasteiger partial charge is 0.263 e. The highest BCUT2D eigenvalue weighted by atomic mass is 79.9. The summed E-state index contributed by atoms with van der Waals surface area (Å²) in [6.07, 6.45) is 1.29. The van der Waals surface area contributed by atoms with E-state index < -0.39 is 21.5 Å². The lowest BCUT2D eigenvalue weighted by Gasteiger charge is -2.29. The molecule has 1 aromatic carbocycles. The molecule has 2 aromatic heterocycles. The first-order valence-electron chi connectivity index (χ1n) is 10.4. The number of nitrogens with zero attached hydrogens (tertiary/aromatic N) is 3. The molecule has 0 aliphatic carbocycles. The van der Waals surface area contributed by atoms with Crippen LogP contribution < -0.4 is 15.8 Å². The third-order valence-corrected chi connectivity index (χ3v) is 9.56. The molecule has 2 N–H and O–H groups in total. The third kappa shape index (κ3) is 4.76. The van der Waals surface area contributed by atoms with Crippen LogP contribution in [0.4, 0.5) is 5.69 Å². The van der Waals surface area contributed by atoms with E-state index in [9.17, 15) is 18.0 Å². The van der Waals surface area contributed by atoms with Gasteiger partial charge >= 0.3 is 0 Å². The number of carbonyl (C=O) groups is 1. The van der Waals surface area contributed by atoms with Crippen LogP contribution in [0.1, 0.15) is 10.4 Å². The highest BCUT2D eigenvalue weighted by molar-refractivity contribution is 9.10. The lowest BCUT2D eigenvalue weighted by atomic mass is 10.2. The van der Waals surface area contributed by atoms with Crippen LogP contribution in [0.3, 0.4) is 0 Å². The second-order valence-electron chi connectivity index (χ2n) is 8.24. The summed E-state index contributed by atoms with van der Waals surface area (Å²) >= 11 is 4.59. The highest BCUT2D eigenvalue weighted by Crippen LogP contribution is 2.32. The molecule has 0 saturated carbocycles. The average molecular weight is 556 g/mol. The Labute approximate surface area is 204 Å². The first kappa shape index (κ1) is 24.0. The number of sulfonamides is 1. The van der Waals surface area contributed by atoms with Gasteiger partial charge in [0.15, 0.2) is 0 Å². The standard InChI is InChI=1S/C21H24BrN5O4S2/c1-13-4-5-16(15(22)10-13)24-17(28)11-26-12-23-20-18(21(26)29)19(14(2)32-20)33(30,31)27-8-6-25(3)7-9-27/h4-5,10,12H,6-9,11H2,1-3H3,(H,24,28)/p+1. The summed E-state index contributed by atoms with van der Waals surface area (Å²) in [5, 5.41) is 2.82. The van der Waals surface area contributed by atoms with E-state index in [0.29, 0.717) is 41.6 Å². The molecule has 0 atom stereocenters. The van der Waals surface area contributed by atoms with Gasteiger partial charge in [-0.05, 0) is 47.5 Å². The number of hydrogen-bond acceptors (Lipinski definition) is 6. The van der Waals surface area contributed by atoms with E-state index in [2.05, 4.69) is 26.2 Å². The summed E-state index contributed by atoms with van der Waals surface area (Å²) in [7, 11) is -1.83. The van der Waals surface area contributed by atoms with Gasteiger partial charge in [0.25, 0.3) is 5.56 Å². The number of amides is 1. The van der Waals surface area contributed by atoms with Gasteiger partial charge in [-0.25, -0.2) is 13.4 Å². The van der Waals surface area contributed by atoms with Crippen LogP contribution in [0.15, 0.2) is 38.7 Å². The number of fused-ring (bicyclic) bond motifs is 1. The second kappa shape index (κ2) is 9.26. The van der Waals surface area contributed by atoms with Crippen molar-refractivity contribution in [1.29, 1.82) is 0 Å². The fourth-order valence-electron chi connectivity index (χ4n) is 3.84. The first-order valence-corrected chi connectivity index (χ1v) is 13.5. The molecule has 1 fully saturated rings. The van der Waals surface area contributed by atoms with Crippen molar-refractivity contribution >= 4 is 59.1 Å². The number of likely N-dealkylation sites (N-methyl/N-ethyl adjacent to an activating group) is 1. The monoisotopic (exact) mass is 554 g/mol. The second-order valence-corrected chi connectivity index (χ2v) is 12.2. The molecule has 1 aliphatic heterocycles. The summed E-state index contributed by atoms with van der Waals surface area (Å²) in [5.41, 5.74) is 1.08. The molecule has 0 radical (unpaired) electrons. The quantitative estimate of drug-likeness (QED) is 0.489. The molecule has 1 aliphatic rings. The molecular formula is C21H25BrN5O4S2+. The minimum absolute atomic E-state index is 0.00981. The number of benzene rings is 1. The van der Waals surface area contributed by atoms with Gasteiger partial charge in [-0.1, -0.05) is 6.07 Å². The van der Waals surface area contributed by atoms with E-state index in [1.165, 1.54) is 26.9 Å². The third-order valence-electron chi connectivity index (χ3n) is 5.69. The van der Waals surface area contributed by atoms with Crippen LogP contribution in [-0.4, -0.2) is 61.4 Å². The maximum atomic E-state index is 13.4. The summed E-state index contributed by atoms with van der Waals surface area (Å²) in [6.45, 7) is 5.55. The Hall–Kier alpha value is -2.12. The molecule has 176 valence electrons. The van der Waals surface area contributed by atoms with Gasteiger partial charge in [0.2, 0.25) is 15.9 Å². The SMILES string of the molecule is Cc1ccc(NC(=O)Cn2cnc3sc(C)c(S(=O)(=O)N4CC[NH+](C)CC4)c3c2=O)c(Br)c1. The van der Waals surface area contributed by atoms with Crippen molar-refractivity contribution in [2.45, 2.75) is 25.3 Å². The Kier molecular flexibility index (Phi) is 6.74. The van der Waals surface area contributed by atoms with E-state index >= 15 is 0 Å². The normalized spacial score (nSPS) is 15.8. The fourth-order valence-corrected chi connectivity index (χ4v) is 7.54.